The Bertz CT molecular complexity index is 341. The summed E-state index contributed by atoms with van der Waals surface area (Å²) in [6.07, 6.45) is 6.25. The highest BCUT2D eigenvalue weighted by atomic mass is 16.5. The van der Waals surface area contributed by atoms with Crippen LogP contribution in [0, 0.1) is 12.3 Å². The zero-order valence-corrected chi connectivity index (χ0v) is 8.36. The zero-order chi connectivity index (χ0) is 11.1. The van der Waals surface area contributed by atoms with E-state index in [1.807, 2.05) is 0 Å². The fraction of sp³-hybridized carbons (Fsp3) is 0.444. The Morgan fingerprint density at radius 2 is 2.60 bits per heavy atom. The van der Waals surface area contributed by atoms with Crippen molar-refractivity contribution in [1.82, 2.24) is 20.8 Å². The van der Waals surface area contributed by atoms with Gasteiger partial charge in [0.2, 0.25) is 12.3 Å². The molecule has 2 N–H and O–H groups in total. The van der Waals surface area contributed by atoms with Crippen LogP contribution in [0.3, 0.4) is 0 Å². The van der Waals surface area contributed by atoms with E-state index < -0.39 is 0 Å². The maximum Gasteiger partial charge on any atom is 0.237 e. The summed E-state index contributed by atoms with van der Waals surface area (Å²) >= 11 is 0. The number of rotatable bonds is 5. The SMILES string of the molecule is C#CCNC(=O)C(C)NCc1ncon1. The van der Waals surface area contributed by atoms with Crippen LogP contribution in [0.5, 0.6) is 0 Å². The number of carbonyl (C=O) groups is 1. The van der Waals surface area contributed by atoms with Gasteiger partial charge in [0.25, 0.3) is 0 Å². The van der Waals surface area contributed by atoms with E-state index in [1.54, 1.807) is 6.92 Å². The van der Waals surface area contributed by atoms with E-state index in [9.17, 15) is 4.79 Å². The van der Waals surface area contributed by atoms with Crippen LogP contribution in [0.15, 0.2) is 10.9 Å². The first kappa shape index (κ1) is 11.2. The number of hydrogen-bond acceptors (Lipinski definition) is 5. The Balaban J connectivity index is 2.27. The summed E-state index contributed by atoms with van der Waals surface area (Å²) in [5.41, 5.74) is 0. The normalized spacial score (nSPS) is 11.7. The highest BCUT2D eigenvalue weighted by Crippen LogP contribution is 1.89. The minimum absolute atomic E-state index is 0.156. The van der Waals surface area contributed by atoms with Crippen molar-refractivity contribution in [2.75, 3.05) is 6.54 Å². The summed E-state index contributed by atoms with van der Waals surface area (Å²) in [6.45, 7) is 2.33. The van der Waals surface area contributed by atoms with E-state index in [0.29, 0.717) is 12.4 Å². The van der Waals surface area contributed by atoms with Gasteiger partial charge in [-0.15, -0.1) is 6.42 Å². The number of nitrogens with one attached hydrogen (secondary N) is 2. The average Bonchev–Trinajstić information content (AvgIpc) is 2.75. The molecule has 0 spiro atoms. The fourth-order valence-electron chi connectivity index (χ4n) is 0.899. The lowest BCUT2D eigenvalue weighted by Gasteiger charge is -2.10. The third kappa shape index (κ3) is 3.79. The molecule has 0 aliphatic heterocycles. The standard InChI is InChI=1S/C9H12N4O2/c1-3-4-10-9(14)7(2)11-5-8-12-6-15-13-8/h1,6-7,11H,4-5H2,2H3,(H,10,14). The van der Waals surface area contributed by atoms with Crippen LogP contribution >= 0.6 is 0 Å². The molecule has 0 bridgehead atoms. The first-order valence-corrected chi connectivity index (χ1v) is 4.44. The molecule has 1 atom stereocenters. The molecule has 0 saturated heterocycles. The summed E-state index contributed by atoms with van der Waals surface area (Å²) < 4.78 is 4.54. The number of nitrogens with zero attached hydrogens (tertiary/aromatic N) is 2. The van der Waals surface area contributed by atoms with Crippen molar-refractivity contribution >= 4 is 5.91 Å². The van der Waals surface area contributed by atoms with Gasteiger partial charge in [-0.3, -0.25) is 10.1 Å². The lowest BCUT2D eigenvalue weighted by Crippen LogP contribution is -2.42. The van der Waals surface area contributed by atoms with Crippen molar-refractivity contribution in [3.63, 3.8) is 0 Å². The number of aromatic nitrogens is 2. The van der Waals surface area contributed by atoms with Gasteiger partial charge < -0.3 is 9.84 Å². The van der Waals surface area contributed by atoms with Gasteiger partial charge >= 0.3 is 0 Å². The van der Waals surface area contributed by atoms with Gasteiger partial charge in [-0.2, -0.15) is 4.98 Å². The molecule has 0 aliphatic carbocycles. The molecule has 0 saturated carbocycles. The van der Waals surface area contributed by atoms with Crippen molar-refractivity contribution in [1.29, 1.82) is 0 Å². The summed E-state index contributed by atoms with van der Waals surface area (Å²) in [4.78, 5) is 15.1. The smallest absolute Gasteiger partial charge is 0.237 e. The first-order chi connectivity index (χ1) is 7.24. The van der Waals surface area contributed by atoms with Crippen LogP contribution < -0.4 is 10.6 Å². The van der Waals surface area contributed by atoms with Gasteiger partial charge in [-0.05, 0) is 6.92 Å². The lowest BCUT2D eigenvalue weighted by atomic mass is 10.3. The Morgan fingerprint density at radius 1 is 1.80 bits per heavy atom. The van der Waals surface area contributed by atoms with E-state index >= 15 is 0 Å². The van der Waals surface area contributed by atoms with Gasteiger partial charge in [0.05, 0.1) is 19.1 Å². The summed E-state index contributed by atoms with van der Waals surface area (Å²) in [6, 6.07) is -0.350. The quantitative estimate of drug-likeness (QED) is 0.625. The zero-order valence-electron chi connectivity index (χ0n) is 8.36. The Hall–Kier alpha value is -1.87. The molecular formula is C9H12N4O2. The second-order valence-electron chi connectivity index (χ2n) is 2.87. The van der Waals surface area contributed by atoms with Gasteiger partial charge in [0.1, 0.15) is 0 Å². The maximum absolute atomic E-state index is 11.3. The van der Waals surface area contributed by atoms with Crippen molar-refractivity contribution in [2.24, 2.45) is 0 Å². The Morgan fingerprint density at radius 3 is 3.20 bits per heavy atom. The van der Waals surface area contributed by atoms with Crippen molar-refractivity contribution in [2.45, 2.75) is 19.5 Å². The van der Waals surface area contributed by atoms with E-state index in [2.05, 4.69) is 31.2 Å². The lowest BCUT2D eigenvalue weighted by molar-refractivity contribution is -0.122. The topological polar surface area (TPSA) is 80.0 Å². The maximum atomic E-state index is 11.3. The third-order valence-corrected chi connectivity index (χ3v) is 1.73. The van der Waals surface area contributed by atoms with Gasteiger partial charge in [0, 0.05) is 0 Å². The van der Waals surface area contributed by atoms with Crippen LogP contribution in [-0.2, 0) is 11.3 Å². The summed E-state index contributed by atoms with van der Waals surface area (Å²) in [7, 11) is 0. The van der Waals surface area contributed by atoms with E-state index in [1.165, 1.54) is 6.39 Å². The highest BCUT2D eigenvalue weighted by molar-refractivity contribution is 5.81. The molecule has 1 aromatic rings. The number of hydrogen-bond donors (Lipinski definition) is 2. The molecule has 80 valence electrons. The largest absolute Gasteiger partial charge is 0.344 e. The van der Waals surface area contributed by atoms with Crippen molar-refractivity contribution < 1.29 is 9.32 Å². The average molecular weight is 208 g/mol. The monoisotopic (exact) mass is 208 g/mol. The third-order valence-electron chi connectivity index (χ3n) is 1.73. The highest BCUT2D eigenvalue weighted by Gasteiger charge is 2.11. The Kier molecular flexibility index (Phi) is 4.31. The minimum Gasteiger partial charge on any atom is -0.344 e. The van der Waals surface area contributed by atoms with Crippen LogP contribution in [0.2, 0.25) is 0 Å². The molecule has 0 radical (unpaired) electrons. The molecule has 0 aromatic carbocycles. The van der Waals surface area contributed by atoms with E-state index in [-0.39, 0.29) is 18.5 Å². The number of carbonyl (C=O) groups excluding carboxylic acids is 1. The first-order valence-electron chi connectivity index (χ1n) is 4.44. The molecular weight excluding hydrogens is 196 g/mol. The summed E-state index contributed by atoms with van der Waals surface area (Å²) in [5, 5.41) is 9.09. The van der Waals surface area contributed by atoms with Crippen molar-refractivity contribution in [3.8, 4) is 12.3 Å². The molecule has 1 unspecified atom stereocenters. The molecule has 1 rings (SSSR count). The van der Waals surface area contributed by atoms with Gasteiger partial charge in [-0.25, -0.2) is 0 Å². The van der Waals surface area contributed by atoms with E-state index in [4.69, 9.17) is 6.42 Å². The van der Waals surface area contributed by atoms with Crippen LogP contribution in [0.25, 0.3) is 0 Å². The van der Waals surface area contributed by atoms with Crippen LogP contribution in [0.4, 0.5) is 0 Å². The van der Waals surface area contributed by atoms with Crippen LogP contribution in [-0.4, -0.2) is 28.6 Å². The van der Waals surface area contributed by atoms with Crippen molar-refractivity contribution in [3.05, 3.63) is 12.2 Å². The molecule has 15 heavy (non-hydrogen) atoms. The predicted molar refractivity (Wildman–Crippen MR) is 52.4 cm³/mol. The molecule has 1 heterocycles. The summed E-state index contributed by atoms with van der Waals surface area (Å²) in [5.74, 6) is 2.67. The molecule has 0 fully saturated rings. The second kappa shape index (κ2) is 5.78. The molecule has 0 aliphatic rings. The fourth-order valence-corrected chi connectivity index (χ4v) is 0.899. The second-order valence-corrected chi connectivity index (χ2v) is 2.87. The number of terminal acetylenes is 1. The molecule has 1 amide bonds. The number of amides is 1. The predicted octanol–water partition coefficient (Wildman–Crippen LogP) is -0.703. The minimum atomic E-state index is -0.350. The Labute approximate surface area is 87.4 Å². The van der Waals surface area contributed by atoms with Gasteiger partial charge in [-0.1, -0.05) is 11.1 Å². The van der Waals surface area contributed by atoms with Crippen LogP contribution in [0.1, 0.15) is 12.7 Å². The van der Waals surface area contributed by atoms with E-state index in [0.717, 1.165) is 0 Å². The van der Waals surface area contributed by atoms with Gasteiger partial charge in [0.15, 0.2) is 5.82 Å². The molecule has 6 heteroatoms. The molecule has 6 nitrogen and oxygen atoms in total. The molecule has 1 aromatic heterocycles.